The first-order valence-corrected chi connectivity index (χ1v) is 6.66. The Balaban J connectivity index is 2.24. The predicted octanol–water partition coefficient (Wildman–Crippen LogP) is 2.08. The average molecular weight is 346 g/mol. The third-order valence-corrected chi connectivity index (χ3v) is 2.83. The third kappa shape index (κ3) is 4.54. The van der Waals surface area contributed by atoms with Crippen LogP contribution < -0.4 is 10.1 Å². The molecular weight excluding hydrogens is 336 g/mol. The Kier molecular flexibility index (Phi) is 4.98. The largest absolute Gasteiger partial charge is 0.425 e. The summed E-state index contributed by atoms with van der Waals surface area (Å²) in [5.41, 5.74) is -1.44. The van der Waals surface area contributed by atoms with Crippen LogP contribution in [0.3, 0.4) is 0 Å². The van der Waals surface area contributed by atoms with E-state index in [0.29, 0.717) is 0 Å². The number of nitrogens with zero attached hydrogens (tertiary/aromatic N) is 3. The minimum atomic E-state index is -0.837. The smallest absolute Gasteiger partial charge is 0.308 e. The molecule has 0 saturated carbocycles. The molecule has 1 aromatic carbocycles. The molecule has 0 unspecified atom stereocenters. The van der Waals surface area contributed by atoms with Crippen LogP contribution in [0.25, 0.3) is 0 Å². The van der Waals surface area contributed by atoms with Gasteiger partial charge in [0.05, 0.1) is 27.7 Å². The van der Waals surface area contributed by atoms with Gasteiger partial charge in [-0.2, -0.15) is 0 Å². The topological polar surface area (TPSA) is 155 Å². The summed E-state index contributed by atoms with van der Waals surface area (Å²) >= 11 is 0. The standard InChI is InChI=1S/C14H10N4O7/c1-8(19)25-12-2-3-13(15-7-12)16-14(20)9-4-10(17(21)22)6-11(5-9)18(23)24/h2-7H,1H3,(H,15,16,20). The number of hydrogen-bond donors (Lipinski definition) is 1. The number of nitrogens with one attached hydrogen (secondary N) is 1. The maximum absolute atomic E-state index is 12.1. The highest BCUT2D eigenvalue weighted by Gasteiger charge is 2.20. The molecule has 1 heterocycles. The van der Waals surface area contributed by atoms with Crippen molar-refractivity contribution in [2.24, 2.45) is 0 Å². The molecule has 1 amide bonds. The summed E-state index contributed by atoms with van der Waals surface area (Å²) in [6.07, 6.45) is 1.19. The second-order valence-electron chi connectivity index (χ2n) is 4.68. The Morgan fingerprint density at radius 3 is 2.12 bits per heavy atom. The molecule has 0 spiro atoms. The number of nitro benzene ring substituents is 2. The molecule has 0 fully saturated rings. The van der Waals surface area contributed by atoms with Gasteiger partial charge in [0.1, 0.15) is 11.6 Å². The van der Waals surface area contributed by atoms with E-state index in [1.54, 1.807) is 0 Å². The molecule has 11 nitrogen and oxygen atoms in total. The Bertz CT molecular complexity index is 832. The SMILES string of the molecule is CC(=O)Oc1ccc(NC(=O)c2cc([N+](=O)[O-])cc([N+](=O)[O-])c2)nc1. The molecule has 0 bridgehead atoms. The van der Waals surface area contributed by atoms with Crippen LogP contribution in [-0.2, 0) is 4.79 Å². The summed E-state index contributed by atoms with van der Waals surface area (Å²) in [4.78, 5) is 46.8. The van der Waals surface area contributed by atoms with Gasteiger partial charge < -0.3 is 10.1 Å². The van der Waals surface area contributed by atoms with E-state index >= 15 is 0 Å². The van der Waals surface area contributed by atoms with Crippen molar-refractivity contribution in [2.45, 2.75) is 6.92 Å². The zero-order valence-electron chi connectivity index (χ0n) is 12.7. The van der Waals surface area contributed by atoms with Gasteiger partial charge in [-0.3, -0.25) is 29.8 Å². The monoisotopic (exact) mass is 346 g/mol. The van der Waals surface area contributed by atoms with Crippen LogP contribution in [0, 0.1) is 20.2 Å². The highest BCUT2D eigenvalue weighted by Crippen LogP contribution is 2.23. The molecule has 0 atom stereocenters. The molecule has 2 rings (SSSR count). The number of aromatic nitrogens is 1. The first kappa shape index (κ1) is 17.5. The molecule has 11 heteroatoms. The van der Waals surface area contributed by atoms with Crippen molar-refractivity contribution in [3.05, 3.63) is 62.3 Å². The lowest BCUT2D eigenvalue weighted by Gasteiger charge is -2.06. The van der Waals surface area contributed by atoms with Crippen molar-refractivity contribution in [2.75, 3.05) is 5.32 Å². The number of esters is 1. The maximum Gasteiger partial charge on any atom is 0.308 e. The number of anilines is 1. The number of carbonyl (C=O) groups excluding carboxylic acids is 2. The lowest BCUT2D eigenvalue weighted by molar-refractivity contribution is -0.394. The molecule has 0 aliphatic carbocycles. The molecule has 2 aromatic rings. The molecule has 1 aromatic heterocycles. The van der Waals surface area contributed by atoms with Crippen molar-refractivity contribution in [3.8, 4) is 5.75 Å². The summed E-state index contributed by atoms with van der Waals surface area (Å²) in [6.45, 7) is 1.21. The van der Waals surface area contributed by atoms with Crippen molar-refractivity contribution < 1.29 is 24.2 Å². The van der Waals surface area contributed by atoms with E-state index in [1.807, 2.05) is 0 Å². The molecule has 0 aliphatic rings. The lowest BCUT2D eigenvalue weighted by atomic mass is 10.1. The average Bonchev–Trinajstić information content (AvgIpc) is 2.55. The summed E-state index contributed by atoms with van der Waals surface area (Å²) < 4.78 is 4.78. The van der Waals surface area contributed by atoms with Gasteiger partial charge in [0.25, 0.3) is 17.3 Å². The second kappa shape index (κ2) is 7.12. The number of nitro groups is 2. The number of amides is 1. The maximum atomic E-state index is 12.1. The van der Waals surface area contributed by atoms with Crippen molar-refractivity contribution in [1.82, 2.24) is 4.98 Å². The highest BCUT2D eigenvalue weighted by molar-refractivity contribution is 6.04. The second-order valence-corrected chi connectivity index (χ2v) is 4.68. The fourth-order valence-electron chi connectivity index (χ4n) is 1.81. The molecule has 1 N–H and O–H groups in total. The van der Waals surface area contributed by atoms with Crippen LogP contribution in [0.5, 0.6) is 5.75 Å². The van der Waals surface area contributed by atoms with Gasteiger partial charge in [-0.15, -0.1) is 0 Å². The Morgan fingerprint density at radius 2 is 1.68 bits per heavy atom. The third-order valence-electron chi connectivity index (χ3n) is 2.83. The van der Waals surface area contributed by atoms with E-state index in [0.717, 1.165) is 18.2 Å². The van der Waals surface area contributed by atoms with E-state index in [-0.39, 0.29) is 17.1 Å². The van der Waals surface area contributed by atoms with Gasteiger partial charge in [-0.1, -0.05) is 0 Å². The molecule has 0 radical (unpaired) electrons. The summed E-state index contributed by atoms with van der Waals surface area (Å²) in [5.74, 6) is -1.13. The van der Waals surface area contributed by atoms with Crippen molar-refractivity contribution >= 4 is 29.1 Å². The van der Waals surface area contributed by atoms with Gasteiger partial charge in [0.2, 0.25) is 0 Å². The first-order valence-electron chi connectivity index (χ1n) is 6.66. The minimum absolute atomic E-state index is 0.0649. The van der Waals surface area contributed by atoms with Crippen LogP contribution in [0.15, 0.2) is 36.5 Å². The van der Waals surface area contributed by atoms with Gasteiger partial charge in [-0.05, 0) is 12.1 Å². The van der Waals surface area contributed by atoms with Crippen molar-refractivity contribution in [1.29, 1.82) is 0 Å². The van der Waals surface area contributed by atoms with E-state index in [2.05, 4.69) is 10.3 Å². The fourth-order valence-corrected chi connectivity index (χ4v) is 1.81. The lowest BCUT2D eigenvalue weighted by Crippen LogP contribution is -2.13. The summed E-state index contributed by atoms with van der Waals surface area (Å²) in [6, 6.07) is 5.29. The van der Waals surface area contributed by atoms with Gasteiger partial charge >= 0.3 is 5.97 Å². The Morgan fingerprint density at radius 1 is 1.08 bits per heavy atom. The Hall–Kier alpha value is -3.89. The molecule has 25 heavy (non-hydrogen) atoms. The van der Waals surface area contributed by atoms with Crippen LogP contribution >= 0.6 is 0 Å². The number of ether oxygens (including phenoxy) is 1. The van der Waals surface area contributed by atoms with Crippen molar-refractivity contribution in [3.63, 3.8) is 0 Å². The molecule has 0 saturated heterocycles. The molecule has 128 valence electrons. The number of benzene rings is 1. The number of rotatable bonds is 5. The quantitative estimate of drug-likeness (QED) is 0.490. The zero-order valence-corrected chi connectivity index (χ0v) is 12.7. The molecular formula is C14H10N4O7. The van der Waals surface area contributed by atoms with E-state index < -0.39 is 33.1 Å². The number of pyridine rings is 1. The number of carbonyl (C=O) groups is 2. The van der Waals surface area contributed by atoms with E-state index in [4.69, 9.17) is 4.74 Å². The highest BCUT2D eigenvalue weighted by atomic mass is 16.6. The minimum Gasteiger partial charge on any atom is -0.425 e. The van der Waals surface area contributed by atoms with Gasteiger partial charge in [0, 0.05) is 19.1 Å². The molecule has 0 aliphatic heterocycles. The van der Waals surface area contributed by atoms with Crippen LogP contribution in [0.2, 0.25) is 0 Å². The van der Waals surface area contributed by atoms with Gasteiger partial charge in [-0.25, -0.2) is 4.98 Å². The Labute approximate surface area is 139 Å². The number of hydrogen-bond acceptors (Lipinski definition) is 8. The predicted molar refractivity (Wildman–Crippen MR) is 83.2 cm³/mol. The first-order chi connectivity index (χ1) is 11.8. The van der Waals surface area contributed by atoms with Crippen LogP contribution in [-0.4, -0.2) is 26.7 Å². The van der Waals surface area contributed by atoms with Gasteiger partial charge in [0.15, 0.2) is 0 Å². The van der Waals surface area contributed by atoms with Crippen LogP contribution in [0.4, 0.5) is 17.2 Å². The normalized spacial score (nSPS) is 9.96. The summed E-state index contributed by atoms with van der Waals surface area (Å²) in [7, 11) is 0. The van der Waals surface area contributed by atoms with E-state index in [1.165, 1.54) is 25.3 Å². The van der Waals surface area contributed by atoms with E-state index in [9.17, 15) is 29.8 Å². The zero-order chi connectivity index (χ0) is 18.6. The number of non-ortho nitro benzene ring substituents is 2. The fraction of sp³-hybridized carbons (Fsp3) is 0.0714. The summed E-state index contributed by atoms with van der Waals surface area (Å²) in [5, 5.41) is 24.0. The van der Waals surface area contributed by atoms with Crippen LogP contribution in [0.1, 0.15) is 17.3 Å².